The fraction of sp³-hybridized carbons (Fsp3) is 0.0833. The smallest absolute Gasteiger partial charge is 0.277 e. The fourth-order valence-electron chi connectivity index (χ4n) is 3.73. The van der Waals surface area contributed by atoms with Crippen LogP contribution in [-0.4, -0.2) is 25.1 Å². The molecule has 32 heavy (non-hydrogen) atoms. The van der Waals surface area contributed by atoms with Crippen LogP contribution in [0.5, 0.6) is 0 Å². The van der Waals surface area contributed by atoms with Crippen LogP contribution in [0.25, 0.3) is 16.6 Å². The first kappa shape index (κ1) is 19.6. The number of hydrogen-bond donors (Lipinski definition) is 1. The summed E-state index contributed by atoms with van der Waals surface area (Å²) < 4.78 is 16.8. The molecule has 0 fully saturated rings. The predicted octanol–water partition coefficient (Wildman–Crippen LogP) is 3.16. The molecule has 0 aliphatic rings. The second-order valence-electron chi connectivity index (χ2n) is 7.40. The van der Waals surface area contributed by atoms with Crippen molar-refractivity contribution >= 4 is 22.5 Å². The second-order valence-corrected chi connectivity index (χ2v) is 7.40. The van der Waals surface area contributed by atoms with Crippen molar-refractivity contribution in [3.05, 3.63) is 112 Å². The van der Waals surface area contributed by atoms with Gasteiger partial charge in [0.15, 0.2) is 0 Å². The van der Waals surface area contributed by atoms with Crippen LogP contribution < -0.4 is 10.9 Å². The Morgan fingerprint density at radius 3 is 2.62 bits per heavy atom. The molecule has 0 spiro atoms. The average molecular weight is 427 g/mol. The predicted molar refractivity (Wildman–Crippen MR) is 118 cm³/mol. The molecule has 0 bridgehead atoms. The van der Waals surface area contributed by atoms with Crippen molar-refractivity contribution in [2.75, 3.05) is 0 Å². The first-order chi connectivity index (χ1) is 15.6. The standard InChI is InChI=1S/C24H18FN5O2/c25-19-5-1-3-16(11-19)15-29-22-12-18(23(31)27-14-17-4-2-9-26-13-17)6-7-20(22)30-21(24(29)32)8-10-28-30/h1-13H,14-15H2,(H,27,31). The number of carbonyl (C=O) groups excluding carboxylic acids is 1. The van der Waals surface area contributed by atoms with Crippen molar-refractivity contribution in [2.24, 2.45) is 0 Å². The van der Waals surface area contributed by atoms with Crippen LogP contribution in [0.1, 0.15) is 21.5 Å². The van der Waals surface area contributed by atoms with Gasteiger partial charge in [-0.05, 0) is 53.6 Å². The number of benzene rings is 2. The van der Waals surface area contributed by atoms with Crippen LogP contribution in [0.4, 0.5) is 4.39 Å². The van der Waals surface area contributed by atoms with Crippen molar-refractivity contribution < 1.29 is 9.18 Å². The van der Waals surface area contributed by atoms with Gasteiger partial charge in [-0.3, -0.25) is 14.6 Å². The van der Waals surface area contributed by atoms with Gasteiger partial charge >= 0.3 is 0 Å². The molecule has 7 nitrogen and oxygen atoms in total. The lowest BCUT2D eigenvalue weighted by molar-refractivity contribution is 0.0951. The fourth-order valence-corrected chi connectivity index (χ4v) is 3.73. The molecule has 0 aliphatic heterocycles. The summed E-state index contributed by atoms with van der Waals surface area (Å²) >= 11 is 0. The van der Waals surface area contributed by atoms with Gasteiger partial charge in [-0.1, -0.05) is 18.2 Å². The summed E-state index contributed by atoms with van der Waals surface area (Å²) in [4.78, 5) is 30.0. The summed E-state index contributed by atoms with van der Waals surface area (Å²) in [5, 5.41) is 7.12. The first-order valence-electron chi connectivity index (χ1n) is 10.0. The summed E-state index contributed by atoms with van der Waals surface area (Å²) in [5.41, 5.74) is 3.26. The molecule has 0 unspecified atom stereocenters. The Morgan fingerprint density at radius 1 is 0.938 bits per heavy atom. The molecule has 1 amide bonds. The molecule has 2 aromatic carbocycles. The van der Waals surface area contributed by atoms with Gasteiger partial charge in [0.2, 0.25) is 0 Å². The van der Waals surface area contributed by atoms with Gasteiger partial charge in [-0.2, -0.15) is 5.10 Å². The lowest BCUT2D eigenvalue weighted by Gasteiger charge is -2.14. The molecule has 0 aliphatic carbocycles. The van der Waals surface area contributed by atoms with E-state index in [0.29, 0.717) is 34.2 Å². The zero-order chi connectivity index (χ0) is 22.1. The maximum atomic E-state index is 13.7. The van der Waals surface area contributed by atoms with Crippen LogP contribution in [-0.2, 0) is 13.1 Å². The number of amides is 1. The highest BCUT2D eigenvalue weighted by Crippen LogP contribution is 2.18. The Labute approximate surface area is 181 Å². The lowest BCUT2D eigenvalue weighted by Crippen LogP contribution is -2.25. The number of nitrogens with one attached hydrogen (secondary N) is 1. The Bertz CT molecular complexity index is 1510. The summed E-state index contributed by atoms with van der Waals surface area (Å²) in [6.07, 6.45) is 4.91. The van der Waals surface area contributed by atoms with E-state index in [1.54, 1.807) is 70.1 Å². The maximum absolute atomic E-state index is 13.7. The van der Waals surface area contributed by atoms with E-state index < -0.39 is 0 Å². The number of fused-ring (bicyclic) bond motifs is 3. The normalized spacial score (nSPS) is 11.2. The van der Waals surface area contributed by atoms with E-state index in [1.165, 1.54) is 12.1 Å². The molecule has 1 N–H and O–H groups in total. The molecule has 8 heteroatoms. The molecular formula is C24H18FN5O2. The topological polar surface area (TPSA) is 81.3 Å². The van der Waals surface area contributed by atoms with E-state index in [4.69, 9.17) is 0 Å². The number of aromatic nitrogens is 4. The quantitative estimate of drug-likeness (QED) is 0.467. The maximum Gasteiger partial charge on any atom is 0.277 e. The number of pyridine rings is 1. The summed E-state index contributed by atoms with van der Waals surface area (Å²) in [5.74, 6) is -0.651. The Morgan fingerprint density at radius 2 is 1.81 bits per heavy atom. The molecule has 0 radical (unpaired) electrons. The molecule has 3 aromatic heterocycles. The molecule has 158 valence electrons. The van der Waals surface area contributed by atoms with Gasteiger partial charge < -0.3 is 9.88 Å². The van der Waals surface area contributed by atoms with E-state index in [0.717, 1.165) is 5.56 Å². The van der Waals surface area contributed by atoms with Gasteiger partial charge in [0.05, 0.1) is 23.8 Å². The van der Waals surface area contributed by atoms with E-state index in [1.807, 2.05) is 6.07 Å². The number of carbonyl (C=O) groups is 1. The van der Waals surface area contributed by atoms with E-state index in [2.05, 4.69) is 15.4 Å². The van der Waals surface area contributed by atoms with Crippen LogP contribution in [0.15, 0.2) is 84.0 Å². The molecule has 5 aromatic rings. The second kappa shape index (κ2) is 8.07. The minimum atomic E-state index is -0.374. The third kappa shape index (κ3) is 3.62. The zero-order valence-electron chi connectivity index (χ0n) is 16.9. The van der Waals surface area contributed by atoms with Crippen LogP contribution in [0.3, 0.4) is 0 Å². The zero-order valence-corrected chi connectivity index (χ0v) is 16.9. The number of hydrogen-bond acceptors (Lipinski definition) is 4. The Hall–Kier alpha value is -4.33. The molecule has 0 atom stereocenters. The highest BCUT2D eigenvalue weighted by Gasteiger charge is 2.15. The highest BCUT2D eigenvalue weighted by molar-refractivity contribution is 5.97. The first-order valence-corrected chi connectivity index (χ1v) is 10.0. The average Bonchev–Trinajstić information content (AvgIpc) is 3.31. The van der Waals surface area contributed by atoms with Crippen molar-refractivity contribution in [3.8, 4) is 0 Å². The van der Waals surface area contributed by atoms with Gasteiger partial charge in [0.25, 0.3) is 11.5 Å². The van der Waals surface area contributed by atoms with Crippen molar-refractivity contribution in [3.63, 3.8) is 0 Å². The lowest BCUT2D eigenvalue weighted by atomic mass is 10.1. The van der Waals surface area contributed by atoms with Crippen LogP contribution in [0.2, 0.25) is 0 Å². The highest BCUT2D eigenvalue weighted by atomic mass is 19.1. The third-order valence-electron chi connectivity index (χ3n) is 5.27. The summed E-state index contributed by atoms with van der Waals surface area (Å²) in [6.45, 7) is 0.495. The van der Waals surface area contributed by atoms with Crippen LogP contribution >= 0.6 is 0 Å². The van der Waals surface area contributed by atoms with Crippen molar-refractivity contribution in [1.82, 2.24) is 24.5 Å². The SMILES string of the molecule is O=C(NCc1cccnc1)c1ccc2c(c1)n(Cc1cccc(F)c1)c(=O)c1ccnn12. The largest absolute Gasteiger partial charge is 0.348 e. The van der Waals surface area contributed by atoms with Gasteiger partial charge in [-0.15, -0.1) is 0 Å². The summed E-state index contributed by atoms with van der Waals surface area (Å²) in [6, 6.07) is 16.5. The molecule has 0 saturated heterocycles. The number of nitrogens with zero attached hydrogens (tertiary/aromatic N) is 4. The minimum absolute atomic E-state index is 0.162. The van der Waals surface area contributed by atoms with Crippen LogP contribution in [0, 0.1) is 5.82 Å². The summed E-state index contributed by atoms with van der Waals surface area (Å²) in [7, 11) is 0. The number of halogens is 1. The Balaban J connectivity index is 1.58. The van der Waals surface area contributed by atoms with Crippen molar-refractivity contribution in [1.29, 1.82) is 0 Å². The minimum Gasteiger partial charge on any atom is -0.348 e. The monoisotopic (exact) mass is 427 g/mol. The third-order valence-corrected chi connectivity index (χ3v) is 5.27. The molecular weight excluding hydrogens is 409 g/mol. The Kier molecular flexibility index (Phi) is 4.95. The van der Waals surface area contributed by atoms with Gasteiger partial charge in [0.1, 0.15) is 11.3 Å². The molecule has 0 saturated carbocycles. The van der Waals surface area contributed by atoms with E-state index in [9.17, 15) is 14.0 Å². The van der Waals surface area contributed by atoms with Crippen molar-refractivity contribution in [2.45, 2.75) is 13.1 Å². The van der Waals surface area contributed by atoms with E-state index >= 15 is 0 Å². The van der Waals surface area contributed by atoms with Gasteiger partial charge in [-0.25, -0.2) is 8.91 Å². The molecule has 5 rings (SSSR count). The van der Waals surface area contributed by atoms with Gasteiger partial charge in [0, 0.05) is 24.5 Å². The molecule has 3 heterocycles. The number of rotatable bonds is 5. The van der Waals surface area contributed by atoms with E-state index in [-0.39, 0.29) is 23.8 Å².